The van der Waals surface area contributed by atoms with Crippen molar-refractivity contribution in [3.05, 3.63) is 22.8 Å². The number of ether oxygens (including phenoxy) is 3. The molecule has 0 unspecified atom stereocenters. The van der Waals surface area contributed by atoms with Crippen LogP contribution in [0.25, 0.3) is 0 Å². The van der Waals surface area contributed by atoms with Crippen LogP contribution in [0.4, 0.5) is 0 Å². The van der Waals surface area contributed by atoms with E-state index in [-0.39, 0.29) is 47.2 Å². The van der Waals surface area contributed by atoms with Crippen molar-refractivity contribution >= 4 is 11.9 Å². The third-order valence-corrected chi connectivity index (χ3v) is 7.45. The van der Waals surface area contributed by atoms with Gasteiger partial charge in [0.05, 0.1) is 11.7 Å². The van der Waals surface area contributed by atoms with E-state index in [0.717, 1.165) is 43.3 Å². The van der Waals surface area contributed by atoms with Crippen LogP contribution in [0.5, 0.6) is 0 Å². The number of carbonyl (C=O) groups excluding carboxylic acids is 2. The Morgan fingerprint density at radius 2 is 2.04 bits per heavy atom. The van der Waals surface area contributed by atoms with Crippen LogP contribution < -0.4 is 0 Å². The average Bonchev–Trinajstić information content (AvgIpc) is 3.15. The summed E-state index contributed by atoms with van der Waals surface area (Å²) in [5.41, 5.74) is 2.63. The summed E-state index contributed by atoms with van der Waals surface area (Å²) in [7, 11) is 0. The van der Waals surface area contributed by atoms with Crippen molar-refractivity contribution < 1.29 is 23.8 Å². The van der Waals surface area contributed by atoms with E-state index in [2.05, 4.69) is 26.8 Å². The molecule has 0 radical (unpaired) electrons. The van der Waals surface area contributed by atoms with E-state index in [4.69, 9.17) is 14.2 Å². The number of fused-ring (bicyclic) bond motifs is 4. The van der Waals surface area contributed by atoms with Crippen molar-refractivity contribution in [2.24, 2.45) is 11.3 Å². The zero-order valence-corrected chi connectivity index (χ0v) is 17.0. The first-order chi connectivity index (χ1) is 12.6. The number of esters is 2. The molecule has 0 bridgehead atoms. The zero-order valence-electron chi connectivity index (χ0n) is 17.0. The largest absolute Gasteiger partial charge is 0.462 e. The van der Waals surface area contributed by atoms with Gasteiger partial charge in [-0.25, -0.2) is 4.79 Å². The summed E-state index contributed by atoms with van der Waals surface area (Å²) in [6, 6.07) is 0. The maximum Gasteiger partial charge on any atom is 0.334 e. The molecule has 5 nitrogen and oxygen atoms in total. The molecule has 148 valence electrons. The maximum absolute atomic E-state index is 12.3. The quantitative estimate of drug-likeness (QED) is 0.396. The van der Waals surface area contributed by atoms with Crippen LogP contribution in [-0.2, 0) is 23.8 Å². The first-order valence-electron chi connectivity index (χ1n) is 10.1. The SMILES string of the molecule is CC(=O)O[C@H]1C[C@@H]2O[C@]2(C)[C@@H]2CC3=C(C)C(=O)O[C@H]3/C=C(/C)CCC[C@@]12C. The van der Waals surface area contributed by atoms with Gasteiger partial charge in [-0.1, -0.05) is 12.5 Å². The second-order valence-electron chi connectivity index (χ2n) is 9.23. The Labute approximate surface area is 161 Å². The fourth-order valence-corrected chi connectivity index (χ4v) is 5.69. The fourth-order valence-electron chi connectivity index (χ4n) is 5.69. The molecule has 2 heterocycles. The molecule has 0 aromatic rings. The van der Waals surface area contributed by atoms with E-state index in [1.807, 2.05) is 6.92 Å². The number of epoxide rings is 1. The Hall–Kier alpha value is -1.62. The second kappa shape index (κ2) is 6.20. The fraction of sp³-hybridized carbons (Fsp3) is 0.727. The number of hydrogen-bond donors (Lipinski definition) is 0. The van der Waals surface area contributed by atoms with Crippen LogP contribution in [0.2, 0.25) is 0 Å². The maximum atomic E-state index is 12.3. The van der Waals surface area contributed by atoms with E-state index < -0.39 is 0 Å². The normalized spacial score (nSPS) is 45.7. The van der Waals surface area contributed by atoms with E-state index in [0.29, 0.717) is 0 Å². The molecule has 0 amide bonds. The van der Waals surface area contributed by atoms with Gasteiger partial charge in [0.2, 0.25) is 0 Å². The Morgan fingerprint density at radius 3 is 2.74 bits per heavy atom. The van der Waals surface area contributed by atoms with Crippen LogP contribution in [0, 0.1) is 11.3 Å². The summed E-state index contributed by atoms with van der Waals surface area (Å²) in [6.07, 6.45) is 6.25. The molecule has 2 aliphatic carbocycles. The van der Waals surface area contributed by atoms with Gasteiger partial charge in [0.1, 0.15) is 12.2 Å². The molecule has 2 aliphatic heterocycles. The molecule has 0 aromatic heterocycles. The highest BCUT2D eigenvalue weighted by molar-refractivity contribution is 5.92. The average molecular weight is 374 g/mol. The van der Waals surface area contributed by atoms with Crippen molar-refractivity contribution in [1.29, 1.82) is 0 Å². The molecular weight excluding hydrogens is 344 g/mol. The molecule has 2 fully saturated rings. The first-order valence-corrected chi connectivity index (χ1v) is 10.1. The lowest BCUT2D eigenvalue weighted by Crippen LogP contribution is -2.52. The summed E-state index contributed by atoms with van der Waals surface area (Å²) in [5.74, 6) is -0.266. The highest BCUT2D eigenvalue weighted by Gasteiger charge is 2.69. The molecule has 0 aromatic carbocycles. The lowest BCUT2D eigenvalue weighted by molar-refractivity contribution is -0.161. The number of allylic oxidation sites excluding steroid dienone is 1. The Bertz CT molecular complexity index is 750. The molecule has 5 heteroatoms. The number of carbonyl (C=O) groups is 2. The molecule has 1 saturated carbocycles. The first kappa shape index (κ1) is 18.7. The van der Waals surface area contributed by atoms with Crippen molar-refractivity contribution in [2.75, 3.05) is 0 Å². The minimum absolute atomic E-state index is 0.123. The summed E-state index contributed by atoms with van der Waals surface area (Å²) in [4.78, 5) is 24.0. The van der Waals surface area contributed by atoms with Crippen LogP contribution in [0.1, 0.15) is 66.7 Å². The molecule has 0 spiro atoms. The van der Waals surface area contributed by atoms with E-state index >= 15 is 0 Å². The molecule has 1 saturated heterocycles. The number of hydrogen-bond acceptors (Lipinski definition) is 5. The van der Waals surface area contributed by atoms with Crippen LogP contribution in [-0.4, -0.2) is 35.9 Å². The van der Waals surface area contributed by atoms with Gasteiger partial charge in [-0.15, -0.1) is 0 Å². The minimum atomic E-state index is -0.269. The predicted molar refractivity (Wildman–Crippen MR) is 99.9 cm³/mol. The van der Waals surface area contributed by atoms with E-state index in [9.17, 15) is 9.59 Å². The van der Waals surface area contributed by atoms with Crippen LogP contribution in [0.3, 0.4) is 0 Å². The molecule has 27 heavy (non-hydrogen) atoms. The van der Waals surface area contributed by atoms with Gasteiger partial charge in [0.15, 0.2) is 0 Å². The van der Waals surface area contributed by atoms with Gasteiger partial charge in [-0.05, 0) is 58.1 Å². The standard InChI is InChI=1S/C22H30O5/c1-12-7-6-8-21(4)17(10-15-13(2)20(24)26-16(15)9-12)22(5)19(27-22)11-18(21)25-14(3)23/h9,16-19H,6-8,10-11H2,1-5H3/b12-9-/t16-,17+,18-,19-,21+,22+/m0/s1. The Kier molecular flexibility index (Phi) is 4.30. The topological polar surface area (TPSA) is 65.1 Å². The third kappa shape index (κ3) is 2.95. The van der Waals surface area contributed by atoms with Gasteiger partial charge in [-0.2, -0.15) is 0 Å². The molecular formula is C22H30O5. The highest BCUT2D eigenvalue weighted by atomic mass is 16.6. The van der Waals surface area contributed by atoms with Crippen molar-refractivity contribution in [1.82, 2.24) is 0 Å². The molecule has 4 aliphatic rings. The lowest BCUT2D eigenvalue weighted by atomic mass is 9.57. The lowest BCUT2D eigenvalue weighted by Gasteiger charge is -2.48. The summed E-state index contributed by atoms with van der Waals surface area (Å²) >= 11 is 0. The highest BCUT2D eigenvalue weighted by Crippen LogP contribution is 2.62. The van der Waals surface area contributed by atoms with E-state index in [1.54, 1.807) is 0 Å². The van der Waals surface area contributed by atoms with Gasteiger partial charge >= 0.3 is 11.9 Å². The van der Waals surface area contributed by atoms with Crippen molar-refractivity contribution in [3.63, 3.8) is 0 Å². The third-order valence-electron chi connectivity index (χ3n) is 7.45. The minimum Gasteiger partial charge on any atom is -0.462 e. The van der Waals surface area contributed by atoms with Crippen molar-refractivity contribution in [2.45, 2.75) is 90.6 Å². The van der Waals surface area contributed by atoms with Crippen LogP contribution >= 0.6 is 0 Å². The van der Waals surface area contributed by atoms with Crippen LogP contribution in [0.15, 0.2) is 22.8 Å². The van der Waals surface area contributed by atoms with Gasteiger partial charge in [-0.3, -0.25) is 4.79 Å². The zero-order chi connectivity index (χ0) is 19.6. The Morgan fingerprint density at radius 1 is 1.30 bits per heavy atom. The summed E-state index contributed by atoms with van der Waals surface area (Å²) in [6.45, 7) is 9.88. The summed E-state index contributed by atoms with van der Waals surface area (Å²) < 4.78 is 17.6. The molecule has 0 N–H and O–H groups in total. The molecule has 6 atom stereocenters. The molecule has 4 rings (SSSR count). The van der Waals surface area contributed by atoms with E-state index in [1.165, 1.54) is 12.5 Å². The van der Waals surface area contributed by atoms with Gasteiger partial charge in [0, 0.05) is 30.3 Å². The van der Waals surface area contributed by atoms with Gasteiger partial charge < -0.3 is 14.2 Å². The monoisotopic (exact) mass is 374 g/mol. The smallest absolute Gasteiger partial charge is 0.334 e. The second-order valence-corrected chi connectivity index (χ2v) is 9.23. The predicted octanol–water partition coefficient (Wildman–Crippen LogP) is 3.86. The van der Waals surface area contributed by atoms with Crippen molar-refractivity contribution in [3.8, 4) is 0 Å². The number of rotatable bonds is 1. The Balaban J connectivity index is 1.77. The van der Waals surface area contributed by atoms with Gasteiger partial charge in [0.25, 0.3) is 0 Å². The summed E-state index contributed by atoms with van der Waals surface area (Å²) in [5, 5.41) is 0.